The highest BCUT2D eigenvalue weighted by Gasteiger charge is 2.20. The summed E-state index contributed by atoms with van der Waals surface area (Å²) in [5.41, 5.74) is 1.95. The minimum Gasteiger partial charge on any atom is -0.457 e. The van der Waals surface area contributed by atoms with Gasteiger partial charge in [-0.05, 0) is 35.3 Å². The van der Waals surface area contributed by atoms with Gasteiger partial charge in [-0.25, -0.2) is 0 Å². The molecule has 3 nitrogen and oxygen atoms in total. The first-order valence-electron chi connectivity index (χ1n) is 4.86. The summed E-state index contributed by atoms with van der Waals surface area (Å²) >= 11 is 3.22. The van der Waals surface area contributed by atoms with Crippen molar-refractivity contribution in [2.45, 2.75) is 13.3 Å². The van der Waals surface area contributed by atoms with E-state index in [2.05, 4.69) is 28.9 Å². The van der Waals surface area contributed by atoms with Crippen LogP contribution in [-0.2, 0) is 0 Å². The van der Waals surface area contributed by atoms with E-state index >= 15 is 0 Å². The fraction of sp³-hybridized carbons (Fsp3) is 0.364. The first kappa shape index (κ1) is 10.5. The van der Waals surface area contributed by atoms with Gasteiger partial charge < -0.3 is 9.32 Å². The van der Waals surface area contributed by atoms with E-state index in [1.54, 1.807) is 6.07 Å². The zero-order valence-corrected chi connectivity index (χ0v) is 10.1. The third-order valence-electron chi connectivity index (χ3n) is 2.57. The number of carbonyl (C=O) groups excluding carboxylic acids is 1. The molecule has 0 radical (unpaired) electrons. The lowest BCUT2D eigenvalue weighted by atomic mass is 10.1. The molecule has 1 aliphatic heterocycles. The topological polar surface area (TPSA) is 33.5 Å². The molecule has 0 saturated carbocycles. The highest BCUT2D eigenvalue weighted by Crippen LogP contribution is 2.21. The first-order valence-corrected chi connectivity index (χ1v) is 5.65. The molecule has 0 bridgehead atoms. The average molecular weight is 270 g/mol. The number of rotatable bonds is 1. The largest absolute Gasteiger partial charge is 0.457 e. The third kappa shape index (κ3) is 2.15. The van der Waals surface area contributed by atoms with Crippen molar-refractivity contribution in [1.82, 2.24) is 4.90 Å². The average Bonchev–Trinajstić information content (AvgIpc) is 2.65. The summed E-state index contributed by atoms with van der Waals surface area (Å²) in [4.78, 5) is 13.8. The molecule has 2 rings (SSSR count). The van der Waals surface area contributed by atoms with Gasteiger partial charge in [0, 0.05) is 13.1 Å². The Balaban J connectivity index is 2.13. The van der Waals surface area contributed by atoms with E-state index in [4.69, 9.17) is 4.42 Å². The van der Waals surface area contributed by atoms with E-state index in [1.165, 1.54) is 11.8 Å². The molecule has 1 aliphatic rings. The van der Waals surface area contributed by atoms with E-state index in [9.17, 15) is 4.79 Å². The molecule has 0 aliphatic carbocycles. The number of furan rings is 1. The lowest BCUT2D eigenvalue weighted by Gasteiger charge is -2.25. The molecule has 0 spiro atoms. The molecule has 0 N–H and O–H groups in total. The number of hydrogen-bond donors (Lipinski definition) is 0. The van der Waals surface area contributed by atoms with Gasteiger partial charge in [-0.2, -0.15) is 0 Å². The molecule has 4 heteroatoms. The van der Waals surface area contributed by atoms with E-state index in [0.29, 0.717) is 16.8 Å². The van der Waals surface area contributed by atoms with Crippen molar-refractivity contribution in [3.63, 3.8) is 0 Å². The Morgan fingerprint density at radius 1 is 1.60 bits per heavy atom. The third-order valence-corrected chi connectivity index (χ3v) is 3.19. The normalized spacial score (nSPS) is 16.4. The molecule has 1 aromatic heterocycles. The Morgan fingerprint density at radius 2 is 2.40 bits per heavy atom. The van der Waals surface area contributed by atoms with E-state index in [0.717, 1.165) is 13.0 Å². The summed E-state index contributed by atoms with van der Waals surface area (Å²) < 4.78 is 5.56. The molecule has 80 valence electrons. The molecule has 1 amide bonds. The summed E-state index contributed by atoms with van der Waals surface area (Å²) in [7, 11) is 0. The molecule has 0 fully saturated rings. The molecular weight excluding hydrogens is 258 g/mol. The van der Waals surface area contributed by atoms with Gasteiger partial charge in [0.25, 0.3) is 5.91 Å². The van der Waals surface area contributed by atoms with Crippen LogP contribution < -0.4 is 0 Å². The summed E-state index contributed by atoms with van der Waals surface area (Å²) in [6, 6.07) is 1.69. The van der Waals surface area contributed by atoms with Crippen LogP contribution in [0.5, 0.6) is 0 Å². The van der Waals surface area contributed by atoms with Gasteiger partial charge in [-0.15, -0.1) is 0 Å². The maximum Gasteiger partial charge on any atom is 0.258 e. The van der Waals surface area contributed by atoms with Crippen LogP contribution in [0.15, 0.2) is 33.1 Å². The lowest BCUT2D eigenvalue weighted by molar-refractivity contribution is 0.0767. The second kappa shape index (κ2) is 4.23. The molecule has 0 saturated heterocycles. The molecule has 0 atom stereocenters. The second-order valence-electron chi connectivity index (χ2n) is 3.66. The van der Waals surface area contributed by atoms with E-state index in [1.807, 2.05) is 4.90 Å². The van der Waals surface area contributed by atoms with Crippen LogP contribution in [0.1, 0.15) is 23.7 Å². The first-order chi connectivity index (χ1) is 7.18. The van der Waals surface area contributed by atoms with Crippen LogP contribution in [0.3, 0.4) is 0 Å². The fourth-order valence-electron chi connectivity index (χ4n) is 1.57. The van der Waals surface area contributed by atoms with Gasteiger partial charge in [0.1, 0.15) is 0 Å². The number of nitrogens with zero attached hydrogens (tertiary/aromatic N) is 1. The molecule has 0 unspecified atom stereocenters. The van der Waals surface area contributed by atoms with Crippen molar-refractivity contribution in [2.24, 2.45) is 0 Å². The Labute approximate surface area is 96.9 Å². The molecular formula is C11H12BrNO2. The lowest BCUT2D eigenvalue weighted by Crippen LogP contribution is -2.34. The summed E-state index contributed by atoms with van der Waals surface area (Å²) in [6.45, 7) is 3.58. The van der Waals surface area contributed by atoms with Crippen LogP contribution in [0.25, 0.3) is 0 Å². The number of halogens is 1. The number of hydrogen-bond acceptors (Lipinski definition) is 2. The van der Waals surface area contributed by atoms with Crippen molar-refractivity contribution in [3.05, 3.63) is 34.2 Å². The van der Waals surface area contributed by atoms with Gasteiger partial charge in [0.2, 0.25) is 0 Å². The Morgan fingerprint density at radius 3 is 2.93 bits per heavy atom. The Kier molecular flexibility index (Phi) is 2.95. The minimum atomic E-state index is 0.0272. The van der Waals surface area contributed by atoms with Crippen molar-refractivity contribution in [1.29, 1.82) is 0 Å². The van der Waals surface area contributed by atoms with Crippen LogP contribution >= 0.6 is 15.9 Å². The quantitative estimate of drug-likeness (QED) is 0.735. The molecule has 0 aromatic carbocycles. The van der Waals surface area contributed by atoms with Crippen LogP contribution in [0, 0.1) is 0 Å². The van der Waals surface area contributed by atoms with Crippen molar-refractivity contribution in [3.8, 4) is 0 Å². The second-order valence-corrected chi connectivity index (χ2v) is 4.38. The van der Waals surface area contributed by atoms with E-state index in [-0.39, 0.29) is 5.91 Å². The Bertz CT molecular complexity index is 408. The highest BCUT2D eigenvalue weighted by atomic mass is 79.9. The van der Waals surface area contributed by atoms with E-state index < -0.39 is 0 Å². The zero-order valence-electron chi connectivity index (χ0n) is 8.50. The minimum absolute atomic E-state index is 0.0272. The number of carbonyl (C=O) groups is 1. The van der Waals surface area contributed by atoms with Crippen molar-refractivity contribution < 1.29 is 9.21 Å². The monoisotopic (exact) mass is 269 g/mol. The van der Waals surface area contributed by atoms with Crippen LogP contribution in [0.4, 0.5) is 0 Å². The molecule has 15 heavy (non-hydrogen) atoms. The smallest absolute Gasteiger partial charge is 0.258 e. The summed E-state index contributed by atoms with van der Waals surface area (Å²) in [6.07, 6.45) is 4.57. The van der Waals surface area contributed by atoms with Crippen molar-refractivity contribution in [2.75, 3.05) is 13.1 Å². The molecule has 2 heterocycles. The number of amides is 1. The van der Waals surface area contributed by atoms with Gasteiger partial charge in [0.15, 0.2) is 4.67 Å². The van der Waals surface area contributed by atoms with Gasteiger partial charge in [-0.3, -0.25) is 4.79 Å². The summed E-state index contributed by atoms with van der Waals surface area (Å²) in [5.74, 6) is 0.0272. The van der Waals surface area contributed by atoms with Gasteiger partial charge in [-0.1, -0.05) is 11.6 Å². The Hall–Kier alpha value is -1.03. The van der Waals surface area contributed by atoms with Crippen LogP contribution in [0.2, 0.25) is 0 Å². The fourth-order valence-corrected chi connectivity index (χ4v) is 1.98. The SMILES string of the molecule is CC1=CCN(C(=O)c2ccoc2Br)CC1. The molecule has 1 aromatic rings. The standard InChI is InChI=1S/C11H12BrNO2/c1-8-2-5-13(6-3-8)11(14)9-4-7-15-10(9)12/h2,4,7H,3,5-6H2,1H3. The van der Waals surface area contributed by atoms with Gasteiger partial charge in [0.05, 0.1) is 11.8 Å². The predicted octanol–water partition coefficient (Wildman–Crippen LogP) is 2.83. The summed E-state index contributed by atoms with van der Waals surface area (Å²) in [5, 5.41) is 0. The zero-order chi connectivity index (χ0) is 10.8. The maximum atomic E-state index is 12.0. The predicted molar refractivity (Wildman–Crippen MR) is 60.7 cm³/mol. The highest BCUT2D eigenvalue weighted by molar-refractivity contribution is 9.10. The maximum absolute atomic E-state index is 12.0. The van der Waals surface area contributed by atoms with Gasteiger partial charge >= 0.3 is 0 Å². The van der Waals surface area contributed by atoms with Crippen molar-refractivity contribution >= 4 is 21.8 Å². The van der Waals surface area contributed by atoms with Crippen LogP contribution in [-0.4, -0.2) is 23.9 Å².